The van der Waals surface area contributed by atoms with Gasteiger partial charge in [0.25, 0.3) is 17.5 Å². The van der Waals surface area contributed by atoms with E-state index in [-0.39, 0.29) is 24.5 Å². The Morgan fingerprint density at radius 2 is 2.14 bits per heavy atom. The molecule has 116 valence electrons. The van der Waals surface area contributed by atoms with Gasteiger partial charge in [-0.1, -0.05) is 0 Å². The van der Waals surface area contributed by atoms with Crippen molar-refractivity contribution in [2.75, 3.05) is 25.6 Å². The normalized spacial score (nSPS) is 14.3. The van der Waals surface area contributed by atoms with Crippen LogP contribution in [0.1, 0.15) is 0 Å². The summed E-state index contributed by atoms with van der Waals surface area (Å²) in [5.74, 6) is -0.894. The number of nitro benzene ring substituents is 1. The summed E-state index contributed by atoms with van der Waals surface area (Å²) in [4.78, 5) is 35.1. The molecule has 0 saturated carbocycles. The van der Waals surface area contributed by atoms with Gasteiger partial charge in [-0.15, -0.1) is 0 Å². The van der Waals surface area contributed by atoms with E-state index in [4.69, 9.17) is 4.74 Å². The maximum atomic E-state index is 12.1. The molecule has 9 heteroatoms. The van der Waals surface area contributed by atoms with Crippen molar-refractivity contribution in [1.82, 2.24) is 4.90 Å². The van der Waals surface area contributed by atoms with Crippen LogP contribution in [0, 0.1) is 10.1 Å². The number of nitrogens with one attached hydrogen (secondary N) is 1. The van der Waals surface area contributed by atoms with Gasteiger partial charge >= 0.3 is 0 Å². The lowest BCUT2D eigenvalue weighted by molar-refractivity contribution is -0.384. The van der Waals surface area contributed by atoms with Crippen LogP contribution in [0.3, 0.4) is 0 Å². The number of methoxy groups -OCH3 is 1. The largest absolute Gasteiger partial charge is 0.383 e. The molecule has 0 unspecified atom stereocenters. The number of imide groups is 1. The fraction of sp³-hybridized carbons (Fsp3) is 0.231. The molecule has 0 atom stereocenters. The number of amides is 2. The second-order valence-corrected chi connectivity index (χ2v) is 5.25. The summed E-state index contributed by atoms with van der Waals surface area (Å²) >= 11 is 3.19. The first kappa shape index (κ1) is 16.1. The van der Waals surface area contributed by atoms with Crippen LogP contribution in [0.4, 0.5) is 11.4 Å². The molecule has 0 aliphatic carbocycles. The van der Waals surface area contributed by atoms with Crippen molar-refractivity contribution in [3.05, 3.63) is 44.6 Å². The minimum Gasteiger partial charge on any atom is -0.383 e. The highest BCUT2D eigenvalue weighted by atomic mass is 79.9. The highest BCUT2D eigenvalue weighted by Gasteiger charge is 2.31. The van der Waals surface area contributed by atoms with Gasteiger partial charge in [0, 0.05) is 29.8 Å². The predicted octanol–water partition coefficient (Wildman–Crippen LogP) is 1.67. The van der Waals surface area contributed by atoms with Crippen LogP contribution in [0.5, 0.6) is 0 Å². The van der Waals surface area contributed by atoms with E-state index in [9.17, 15) is 19.7 Å². The zero-order chi connectivity index (χ0) is 16.3. The number of nitrogens with zero attached hydrogens (tertiary/aromatic N) is 2. The number of halogens is 1. The number of anilines is 1. The molecule has 2 amide bonds. The van der Waals surface area contributed by atoms with E-state index < -0.39 is 16.7 Å². The second kappa shape index (κ2) is 6.67. The van der Waals surface area contributed by atoms with Crippen LogP contribution in [-0.2, 0) is 14.3 Å². The van der Waals surface area contributed by atoms with Crippen molar-refractivity contribution in [2.45, 2.75) is 0 Å². The summed E-state index contributed by atoms with van der Waals surface area (Å²) in [6.07, 6.45) is 1.19. The van der Waals surface area contributed by atoms with Gasteiger partial charge in [-0.3, -0.25) is 24.6 Å². The van der Waals surface area contributed by atoms with Gasteiger partial charge in [-0.2, -0.15) is 0 Å². The van der Waals surface area contributed by atoms with Gasteiger partial charge in [0.15, 0.2) is 0 Å². The Labute approximate surface area is 134 Å². The van der Waals surface area contributed by atoms with E-state index >= 15 is 0 Å². The Balaban J connectivity index is 2.15. The van der Waals surface area contributed by atoms with Gasteiger partial charge in [0.1, 0.15) is 5.70 Å². The SMILES string of the molecule is COCCN1C(=O)C=C(Nc2ccc([N+](=O)[O-])cc2Br)C1=O. The quantitative estimate of drug-likeness (QED) is 0.464. The molecule has 1 aliphatic heterocycles. The third-order valence-corrected chi connectivity index (χ3v) is 3.62. The third kappa shape index (κ3) is 3.31. The molecule has 1 heterocycles. The van der Waals surface area contributed by atoms with Crippen molar-refractivity contribution in [3.63, 3.8) is 0 Å². The number of carbonyl (C=O) groups excluding carboxylic acids is 2. The summed E-state index contributed by atoms with van der Waals surface area (Å²) in [6.45, 7) is 0.414. The first-order valence-electron chi connectivity index (χ1n) is 6.21. The summed E-state index contributed by atoms with van der Waals surface area (Å²) in [5.41, 5.74) is 0.476. The van der Waals surface area contributed by atoms with Crippen molar-refractivity contribution < 1.29 is 19.2 Å². The molecular weight excluding hydrogens is 358 g/mol. The molecule has 1 aromatic rings. The minimum absolute atomic E-state index is 0.0815. The fourth-order valence-corrected chi connectivity index (χ4v) is 2.32. The first-order chi connectivity index (χ1) is 10.4. The van der Waals surface area contributed by atoms with Gasteiger partial charge in [0.05, 0.1) is 23.8 Å². The number of ether oxygens (including phenoxy) is 1. The molecule has 0 spiro atoms. The Kier molecular flexibility index (Phi) is 4.88. The zero-order valence-corrected chi connectivity index (χ0v) is 13.1. The van der Waals surface area contributed by atoms with Crippen molar-refractivity contribution in [1.29, 1.82) is 0 Å². The smallest absolute Gasteiger partial charge is 0.277 e. The van der Waals surface area contributed by atoms with Crippen LogP contribution in [0.15, 0.2) is 34.4 Å². The average molecular weight is 370 g/mol. The molecule has 1 N–H and O–H groups in total. The van der Waals surface area contributed by atoms with Crippen LogP contribution < -0.4 is 5.32 Å². The minimum atomic E-state index is -0.523. The van der Waals surface area contributed by atoms with E-state index in [1.54, 1.807) is 0 Å². The van der Waals surface area contributed by atoms with Gasteiger partial charge in [0.2, 0.25) is 0 Å². The van der Waals surface area contributed by atoms with Crippen LogP contribution in [0.25, 0.3) is 0 Å². The Morgan fingerprint density at radius 1 is 1.41 bits per heavy atom. The standard InChI is InChI=1S/C13H12BrN3O5/c1-22-5-4-16-12(18)7-11(13(16)19)15-10-3-2-8(17(20)21)6-9(10)14/h2-3,6-7,15H,4-5H2,1H3. The summed E-state index contributed by atoms with van der Waals surface area (Å²) in [6, 6.07) is 4.07. The summed E-state index contributed by atoms with van der Waals surface area (Å²) in [5, 5.41) is 13.5. The Hall–Kier alpha value is -2.26. The number of non-ortho nitro benzene ring substituents is 1. The zero-order valence-electron chi connectivity index (χ0n) is 11.5. The lowest BCUT2D eigenvalue weighted by Crippen LogP contribution is -2.34. The summed E-state index contributed by atoms with van der Waals surface area (Å²) in [7, 11) is 1.48. The molecule has 0 radical (unpaired) electrons. The molecule has 8 nitrogen and oxygen atoms in total. The molecule has 2 rings (SSSR count). The van der Waals surface area contributed by atoms with Crippen molar-refractivity contribution in [3.8, 4) is 0 Å². The average Bonchev–Trinajstić information content (AvgIpc) is 2.73. The van der Waals surface area contributed by atoms with Crippen molar-refractivity contribution in [2.24, 2.45) is 0 Å². The first-order valence-corrected chi connectivity index (χ1v) is 7.00. The van der Waals surface area contributed by atoms with Crippen LogP contribution >= 0.6 is 15.9 Å². The highest BCUT2D eigenvalue weighted by molar-refractivity contribution is 9.10. The third-order valence-electron chi connectivity index (χ3n) is 2.96. The molecule has 0 saturated heterocycles. The maximum Gasteiger partial charge on any atom is 0.277 e. The number of hydrogen-bond acceptors (Lipinski definition) is 6. The number of benzene rings is 1. The monoisotopic (exact) mass is 369 g/mol. The van der Waals surface area contributed by atoms with Gasteiger partial charge in [-0.05, 0) is 22.0 Å². The molecule has 1 aromatic carbocycles. The molecule has 1 aliphatic rings. The molecule has 0 fully saturated rings. The fourth-order valence-electron chi connectivity index (χ4n) is 1.86. The predicted molar refractivity (Wildman–Crippen MR) is 81.1 cm³/mol. The second-order valence-electron chi connectivity index (χ2n) is 4.39. The van der Waals surface area contributed by atoms with Gasteiger partial charge in [-0.25, -0.2) is 0 Å². The number of rotatable bonds is 6. The molecule has 22 heavy (non-hydrogen) atoms. The number of nitro groups is 1. The molecule has 0 aromatic heterocycles. The maximum absolute atomic E-state index is 12.1. The van der Waals surface area contributed by atoms with E-state index in [1.807, 2.05) is 0 Å². The van der Waals surface area contributed by atoms with E-state index in [0.717, 1.165) is 4.90 Å². The number of carbonyl (C=O) groups is 2. The lowest BCUT2D eigenvalue weighted by Gasteiger charge is -2.14. The van der Waals surface area contributed by atoms with Gasteiger partial charge < -0.3 is 10.1 Å². The van der Waals surface area contributed by atoms with E-state index in [1.165, 1.54) is 31.4 Å². The number of hydrogen-bond donors (Lipinski definition) is 1. The summed E-state index contributed by atoms with van der Waals surface area (Å²) < 4.78 is 5.26. The van der Waals surface area contributed by atoms with Crippen LogP contribution in [0.2, 0.25) is 0 Å². The lowest BCUT2D eigenvalue weighted by atomic mass is 10.2. The topological polar surface area (TPSA) is 102 Å². The Bertz CT molecular complexity index is 674. The van der Waals surface area contributed by atoms with E-state index in [2.05, 4.69) is 21.2 Å². The highest BCUT2D eigenvalue weighted by Crippen LogP contribution is 2.29. The molecule has 0 bridgehead atoms. The van der Waals surface area contributed by atoms with Crippen LogP contribution in [-0.4, -0.2) is 41.9 Å². The van der Waals surface area contributed by atoms with Crippen molar-refractivity contribution >= 4 is 39.1 Å². The molecular formula is C13H12BrN3O5. The van der Waals surface area contributed by atoms with E-state index in [0.29, 0.717) is 10.2 Å². The Morgan fingerprint density at radius 3 is 2.73 bits per heavy atom.